The zero-order valence-corrected chi connectivity index (χ0v) is 18.4. The molecular formula is C21H28N6O4S. The second-order valence-electron chi connectivity index (χ2n) is 8.78. The summed E-state index contributed by atoms with van der Waals surface area (Å²) >= 11 is 0. The van der Waals surface area contributed by atoms with Crippen LogP contribution in [0.3, 0.4) is 0 Å². The van der Waals surface area contributed by atoms with Gasteiger partial charge in [-0.3, -0.25) is 9.50 Å². The highest BCUT2D eigenvalue weighted by Crippen LogP contribution is 2.41. The average molecular weight is 461 g/mol. The number of fused-ring (bicyclic) bond motifs is 2. The van der Waals surface area contributed by atoms with Gasteiger partial charge in [0.05, 0.1) is 31.4 Å². The standard InChI is InChI=1S/C21H28N6O4S/c22-32(29,30)31-10-14-8-15(9-18(14)28)26-21-19-20(24-11-23-19)25-12-27(21)17-7-3-5-13-4-1-2-6-16(13)17/h1-2,4,6,11-12,14-15,17-18,21,26,28H,3,5,7-10H2,(H,23,24)(H2,22,29,30)/t14-,15+,17?,18-,21?/m0/s1. The van der Waals surface area contributed by atoms with Gasteiger partial charge >= 0.3 is 10.3 Å². The zero-order chi connectivity index (χ0) is 22.3. The van der Waals surface area contributed by atoms with Gasteiger partial charge in [0.25, 0.3) is 0 Å². The zero-order valence-electron chi connectivity index (χ0n) is 17.6. The Morgan fingerprint density at radius 1 is 1.31 bits per heavy atom. The lowest BCUT2D eigenvalue weighted by Gasteiger charge is -2.42. The molecule has 2 aliphatic carbocycles. The average Bonchev–Trinajstić information content (AvgIpc) is 3.38. The van der Waals surface area contributed by atoms with Gasteiger partial charge in [-0.2, -0.15) is 8.42 Å². The largest absolute Gasteiger partial charge is 0.393 e. The molecule has 1 saturated carbocycles. The molecule has 2 heterocycles. The fourth-order valence-corrected chi connectivity index (χ4v) is 5.59. The van der Waals surface area contributed by atoms with Crippen molar-refractivity contribution in [3.05, 3.63) is 47.4 Å². The molecule has 3 aliphatic rings. The van der Waals surface area contributed by atoms with Crippen molar-refractivity contribution < 1.29 is 17.7 Å². The van der Waals surface area contributed by atoms with Gasteiger partial charge in [-0.25, -0.2) is 15.1 Å². The number of imidazole rings is 1. The predicted octanol–water partition coefficient (Wildman–Crippen LogP) is 1.41. The fourth-order valence-electron chi connectivity index (χ4n) is 5.22. The number of H-pyrrole nitrogens is 1. The van der Waals surface area contributed by atoms with Gasteiger partial charge in [-0.1, -0.05) is 24.3 Å². The third kappa shape index (κ3) is 4.30. The summed E-state index contributed by atoms with van der Waals surface area (Å²) in [5, 5.41) is 19.1. The third-order valence-electron chi connectivity index (χ3n) is 6.72. The van der Waals surface area contributed by atoms with E-state index in [1.165, 1.54) is 11.1 Å². The molecule has 1 fully saturated rings. The molecule has 2 unspecified atom stereocenters. The molecule has 1 aromatic carbocycles. The van der Waals surface area contributed by atoms with E-state index in [0.717, 1.165) is 30.8 Å². The summed E-state index contributed by atoms with van der Waals surface area (Å²) in [4.78, 5) is 14.4. The summed E-state index contributed by atoms with van der Waals surface area (Å²) in [7, 11) is -4.04. The molecule has 10 nitrogen and oxygen atoms in total. The normalized spacial score (nSPS) is 29.7. The minimum Gasteiger partial charge on any atom is -0.393 e. The number of aliphatic hydroxyl groups is 1. The number of aliphatic hydroxyl groups excluding tert-OH is 1. The quantitative estimate of drug-likeness (QED) is 0.510. The molecular weight excluding hydrogens is 432 g/mol. The van der Waals surface area contributed by atoms with Crippen LogP contribution in [0.4, 0.5) is 5.82 Å². The molecule has 0 bridgehead atoms. The first kappa shape index (κ1) is 21.5. The summed E-state index contributed by atoms with van der Waals surface area (Å²) in [5.41, 5.74) is 3.48. The Balaban J connectivity index is 1.37. The highest BCUT2D eigenvalue weighted by molar-refractivity contribution is 7.84. The maximum Gasteiger partial charge on any atom is 0.333 e. The monoisotopic (exact) mass is 460 g/mol. The highest BCUT2D eigenvalue weighted by Gasteiger charge is 2.39. The molecule has 5 N–H and O–H groups in total. The van der Waals surface area contributed by atoms with E-state index in [4.69, 9.17) is 9.32 Å². The van der Waals surface area contributed by atoms with Crippen LogP contribution in [0.5, 0.6) is 0 Å². The number of nitrogens with zero attached hydrogens (tertiary/aromatic N) is 3. The maximum atomic E-state index is 11.1. The van der Waals surface area contributed by atoms with E-state index in [1.807, 2.05) is 6.34 Å². The Morgan fingerprint density at radius 2 is 2.16 bits per heavy atom. The summed E-state index contributed by atoms with van der Waals surface area (Å²) in [6, 6.07) is 8.65. The van der Waals surface area contributed by atoms with Gasteiger partial charge in [0.15, 0.2) is 5.82 Å². The number of aliphatic imine (C=N–C) groups is 1. The van der Waals surface area contributed by atoms with Crippen LogP contribution in [-0.4, -0.2) is 53.5 Å². The second kappa shape index (κ2) is 8.56. The topological polar surface area (TPSA) is 146 Å². The number of rotatable bonds is 6. The molecule has 0 spiro atoms. The van der Waals surface area contributed by atoms with Gasteiger partial charge in [-0.05, 0) is 43.2 Å². The number of nitrogens with one attached hydrogen (secondary N) is 2. The van der Waals surface area contributed by atoms with Crippen LogP contribution in [0.1, 0.15) is 54.7 Å². The van der Waals surface area contributed by atoms with E-state index < -0.39 is 16.4 Å². The van der Waals surface area contributed by atoms with Gasteiger partial charge in [0, 0.05) is 12.0 Å². The molecule has 32 heavy (non-hydrogen) atoms. The van der Waals surface area contributed by atoms with Crippen LogP contribution in [0.15, 0.2) is 35.6 Å². The van der Waals surface area contributed by atoms with Crippen molar-refractivity contribution in [1.82, 2.24) is 20.2 Å². The number of hydrogen-bond acceptors (Lipinski definition) is 8. The number of aromatic nitrogens is 2. The fraction of sp³-hybridized carbons (Fsp3) is 0.524. The molecule has 0 amide bonds. The van der Waals surface area contributed by atoms with Gasteiger partial charge < -0.3 is 15.0 Å². The smallest absolute Gasteiger partial charge is 0.333 e. The van der Waals surface area contributed by atoms with Crippen molar-refractivity contribution in [3.63, 3.8) is 0 Å². The van der Waals surface area contributed by atoms with E-state index in [-0.39, 0.29) is 30.8 Å². The number of hydrogen-bond donors (Lipinski definition) is 4. The molecule has 0 saturated heterocycles. The van der Waals surface area contributed by atoms with Crippen molar-refractivity contribution in [1.29, 1.82) is 0 Å². The summed E-state index contributed by atoms with van der Waals surface area (Å²) < 4.78 is 27.0. The Kier molecular flexibility index (Phi) is 5.76. The predicted molar refractivity (Wildman–Crippen MR) is 118 cm³/mol. The molecule has 1 aliphatic heterocycles. The number of nitrogens with two attached hydrogens (primary N) is 1. The number of aromatic amines is 1. The van der Waals surface area contributed by atoms with Crippen molar-refractivity contribution >= 4 is 22.5 Å². The molecule has 2 aromatic rings. The van der Waals surface area contributed by atoms with E-state index in [9.17, 15) is 13.5 Å². The Labute approximate surface area is 187 Å². The first-order valence-electron chi connectivity index (χ1n) is 10.9. The molecule has 0 radical (unpaired) electrons. The van der Waals surface area contributed by atoms with Crippen molar-refractivity contribution in [2.45, 2.75) is 56.5 Å². The lowest BCUT2D eigenvalue weighted by Crippen LogP contribution is -2.45. The number of aryl methyl sites for hydroxylation is 1. The lowest BCUT2D eigenvalue weighted by atomic mass is 9.86. The first-order valence-corrected chi connectivity index (χ1v) is 12.4. The molecule has 11 heteroatoms. The minimum atomic E-state index is -4.04. The number of benzene rings is 1. The summed E-state index contributed by atoms with van der Waals surface area (Å²) in [6.45, 7) is -0.127. The molecule has 5 rings (SSSR count). The Bertz CT molecular complexity index is 1100. The summed E-state index contributed by atoms with van der Waals surface area (Å²) in [5.74, 6) is 0.404. The van der Waals surface area contributed by atoms with Crippen LogP contribution >= 0.6 is 0 Å². The first-order chi connectivity index (χ1) is 15.4. The van der Waals surface area contributed by atoms with Crippen LogP contribution < -0.4 is 10.5 Å². The molecule has 1 aromatic heterocycles. The van der Waals surface area contributed by atoms with E-state index in [0.29, 0.717) is 12.8 Å². The SMILES string of the molecule is NS(=O)(=O)OC[C@@H]1C[C@@H](NC2c3nc[nH]c3N=CN2C2CCCc3ccccc32)C[C@@H]1O. The van der Waals surface area contributed by atoms with Crippen LogP contribution in [-0.2, 0) is 20.9 Å². The van der Waals surface area contributed by atoms with E-state index in [2.05, 4.69) is 49.4 Å². The Hall–Kier alpha value is -2.31. The van der Waals surface area contributed by atoms with Crippen LogP contribution in [0.2, 0.25) is 0 Å². The van der Waals surface area contributed by atoms with Gasteiger partial charge in [-0.15, -0.1) is 0 Å². The van der Waals surface area contributed by atoms with Crippen molar-refractivity contribution in [2.75, 3.05) is 6.61 Å². The lowest BCUT2D eigenvalue weighted by molar-refractivity contribution is 0.100. The van der Waals surface area contributed by atoms with E-state index >= 15 is 0 Å². The molecule has 5 atom stereocenters. The van der Waals surface area contributed by atoms with E-state index in [1.54, 1.807) is 6.33 Å². The van der Waals surface area contributed by atoms with Crippen molar-refractivity contribution in [2.24, 2.45) is 16.0 Å². The Morgan fingerprint density at radius 3 is 3.00 bits per heavy atom. The second-order valence-corrected chi connectivity index (χ2v) is 10.00. The van der Waals surface area contributed by atoms with Crippen LogP contribution in [0, 0.1) is 5.92 Å². The van der Waals surface area contributed by atoms with Gasteiger partial charge in [0.1, 0.15) is 11.9 Å². The third-order valence-corrected chi connectivity index (χ3v) is 7.18. The maximum absolute atomic E-state index is 11.1. The highest BCUT2D eigenvalue weighted by atomic mass is 32.2. The van der Waals surface area contributed by atoms with Crippen molar-refractivity contribution in [3.8, 4) is 0 Å². The summed E-state index contributed by atoms with van der Waals surface area (Å²) in [6.07, 6.45) is 6.86. The minimum absolute atomic E-state index is 0.0403. The molecule has 172 valence electrons. The van der Waals surface area contributed by atoms with Gasteiger partial charge in [0.2, 0.25) is 0 Å². The van der Waals surface area contributed by atoms with Crippen LogP contribution in [0.25, 0.3) is 0 Å².